The van der Waals surface area contributed by atoms with E-state index < -0.39 is 0 Å². The van der Waals surface area contributed by atoms with E-state index in [1.165, 1.54) is 11.3 Å². The van der Waals surface area contributed by atoms with Crippen molar-refractivity contribution in [3.8, 4) is 0 Å². The predicted molar refractivity (Wildman–Crippen MR) is 96.5 cm³/mol. The van der Waals surface area contributed by atoms with Gasteiger partial charge in [0.2, 0.25) is 5.91 Å². The van der Waals surface area contributed by atoms with Crippen molar-refractivity contribution in [3.05, 3.63) is 49.0 Å². The zero-order valence-electron chi connectivity index (χ0n) is 11.8. The molecule has 2 amide bonds. The van der Waals surface area contributed by atoms with Gasteiger partial charge in [0.05, 0.1) is 8.66 Å². The molecule has 1 aromatic heterocycles. The van der Waals surface area contributed by atoms with Crippen molar-refractivity contribution in [2.75, 3.05) is 11.9 Å². The number of thiophene rings is 1. The van der Waals surface area contributed by atoms with Crippen molar-refractivity contribution in [1.29, 1.82) is 0 Å². The van der Waals surface area contributed by atoms with Gasteiger partial charge in [0, 0.05) is 23.1 Å². The van der Waals surface area contributed by atoms with Gasteiger partial charge in [0.15, 0.2) is 0 Å². The van der Waals surface area contributed by atoms with E-state index in [0.717, 1.165) is 19.5 Å². The number of amides is 2. The van der Waals surface area contributed by atoms with Gasteiger partial charge in [-0.25, -0.2) is 0 Å². The predicted octanol–water partition coefficient (Wildman–Crippen LogP) is 4.34. The van der Waals surface area contributed by atoms with Gasteiger partial charge in [-0.2, -0.15) is 0 Å². The highest BCUT2D eigenvalue weighted by molar-refractivity contribution is 9.11. The summed E-state index contributed by atoms with van der Waals surface area (Å²) in [5, 5.41) is 5.58. The lowest BCUT2D eigenvalue weighted by Gasteiger charge is -2.09. The van der Waals surface area contributed by atoms with Gasteiger partial charge < -0.3 is 10.6 Å². The third kappa shape index (κ3) is 4.93. The fourth-order valence-electron chi connectivity index (χ4n) is 1.75. The van der Waals surface area contributed by atoms with Crippen molar-refractivity contribution in [1.82, 2.24) is 5.32 Å². The van der Waals surface area contributed by atoms with Gasteiger partial charge >= 0.3 is 0 Å². The normalized spacial score (nSPS) is 10.3. The summed E-state index contributed by atoms with van der Waals surface area (Å²) in [7, 11) is 0. The zero-order valence-corrected chi connectivity index (χ0v) is 15.8. The van der Waals surface area contributed by atoms with Gasteiger partial charge in [-0.1, -0.05) is 22.0 Å². The second kappa shape index (κ2) is 7.89. The summed E-state index contributed by atoms with van der Waals surface area (Å²) in [5.74, 6) is -0.295. The Bertz CT molecular complexity index is 701. The minimum absolute atomic E-state index is 0.131. The molecule has 0 aliphatic rings. The average Bonchev–Trinajstić information content (AvgIpc) is 2.89. The van der Waals surface area contributed by atoms with Crippen molar-refractivity contribution in [3.63, 3.8) is 0 Å². The second-order valence-electron chi connectivity index (χ2n) is 4.62. The summed E-state index contributed by atoms with van der Waals surface area (Å²) in [6.07, 6.45) is 0.226. The molecular weight excluding hydrogens is 432 g/mol. The summed E-state index contributed by atoms with van der Waals surface area (Å²) in [4.78, 5) is 24.4. The molecule has 2 aromatic rings. The number of halogens is 2. The molecule has 1 heterocycles. The summed E-state index contributed by atoms with van der Waals surface area (Å²) in [6.45, 7) is 2.23. The highest BCUT2D eigenvalue weighted by Gasteiger charge is 2.09. The van der Waals surface area contributed by atoms with Gasteiger partial charge in [0.25, 0.3) is 5.91 Å². The molecule has 4 nitrogen and oxygen atoms in total. The topological polar surface area (TPSA) is 58.2 Å². The first-order valence-corrected chi connectivity index (χ1v) is 8.95. The molecule has 7 heteroatoms. The van der Waals surface area contributed by atoms with Crippen LogP contribution < -0.4 is 10.6 Å². The van der Waals surface area contributed by atoms with Crippen molar-refractivity contribution in [2.24, 2.45) is 0 Å². The van der Waals surface area contributed by atoms with E-state index in [1.54, 1.807) is 6.07 Å². The molecule has 0 aliphatic carbocycles. The molecule has 0 fully saturated rings. The van der Waals surface area contributed by atoms with Gasteiger partial charge in [-0.15, -0.1) is 11.3 Å². The summed E-state index contributed by atoms with van der Waals surface area (Å²) in [6, 6.07) is 9.27. The molecule has 0 bridgehead atoms. The Hall–Kier alpha value is -1.18. The standard InChI is InChI=1S/C15H14Br2N2O2S/c1-9-2-3-10(16)8-11(9)19-14(20)6-7-18-15(21)12-4-5-13(17)22-12/h2-5,8H,6-7H2,1H3,(H,18,21)(H,19,20). The Balaban J connectivity index is 1.80. The first-order valence-electron chi connectivity index (χ1n) is 6.55. The average molecular weight is 446 g/mol. The number of aryl methyl sites for hydroxylation is 1. The molecule has 1 aromatic carbocycles. The number of benzene rings is 1. The number of hydrogen-bond donors (Lipinski definition) is 2. The molecule has 0 spiro atoms. The second-order valence-corrected chi connectivity index (χ2v) is 8.00. The van der Waals surface area contributed by atoms with Crippen molar-refractivity contribution >= 4 is 60.7 Å². The Morgan fingerprint density at radius 2 is 1.95 bits per heavy atom. The van der Waals surface area contributed by atoms with E-state index in [1.807, 2.05) is 31.2 Å². The van der Waals surface area contributed by atoms with Crippen LogP contribution in [0.4, 0.5) is 5.69 Å². The van der Waals surface area contributed by atoms with Gasteiger partial charge in [0.1, 0.15) is 0 Å². The first kappa shape index (κ1) is 17.2. The number of rotatable bonds is 5. The summed E-state index contributed by atoms with van der Waals surface area (Å²) in [5.41, 5.74) is 1.76. The minimum atomic E-state index is -0.165. The van der Waals surface area contributed by atoms with Crippen molar-refractivity contribution in [2.45, 2.75) is 13.3 Å². The first-order chi connectivity index (χ1) is 10.5. The Morgan fingerprint density at radius 3 is 2.64 bits per heavy atom. The molecule has 2 N–H and O–H groups in total. The Morgan fingerprint density at radius 1 is 1.18 bits per heavy atom. The van der Waals surface area contributed by atoms with Gasteiger partial charge in [-0.3, -0.25) is 9.59 Å². The molecule has 0 saturated heterocycles. The molecule has 0 unspecified atom stereocenters. The molecule has 22 heavy (non-hydrogen) atoms. The van der Waals surface area contributed by atoms with E-state index in [4.69, 9.17) is 0 Å². The Kier molecular flexibility index (Phi) is 6.16. The highest BCUT2D eigenvalue weighted by atomic mass is 79.9. The number of carbonyl (C=O) groups excluding carboxylic acids is 2. The highest BCUT2D eigenvalue weighted by Crippen LogP contribution is 2.22. The fraction of sp³-hybridized carbons (Fsp3) is 0.200. The van der Waals surface area contributed by atoms with Crippen LogP contribution in [0.3, 0.4) is 0 Å². The number of anilines is 1. The van der Waals surface area contributed by atoms with Crippen molar-refractivity contribution < 1.29 is 9.59 Å². The fourth-order valence-corrected chi connectivity index (χ4v) is 3.42. The number of carbonyl (C=O) groups is 2. The molecule has 0 radical (unpaired) electrons. The third-order valence-corrected chi connectivity index (χ3v) is 5.02. The van der Waals surface area contributed by atoms with Crippen LogP contribution in [0.15, 0.2) is 38.6 Å². The lowest BCUT2D eigenvalue weighted by atomic mass is 10.2. The summed E-state index contributed by atoms with van der Waals surface area (Å²) >= 11 is 8.05. The lowest BCUT2D eigenvalue weighted by Crippen LogP contribution is -2.27. The number of nitrogens with one attached hydrogen (secondary N) is 2. The molecule has 0 saturated carbocycles. The van der Waals surface area contributed by atoms with E-state index in [9.17, 15) is 9.59 Å². The lowest BCUT2D eigenvalue weighted by molar-refractivity contribution is -0.116. The smallest absolute Gasteiger partial charge is 0.261 e. The molecule has 0 aliphatic heterocycles. The molecule has 0 atom stereocenters. The molecule has 2 rings (SSSR count). The molecule has 116 valence electrons. The SMILES string of the molecule is Cc1ccc(Br)cc1NC(=O)CCNC(=O)c1ccc(Br)s1. The van der Waals surface area contributed by atoms with Crippen LogP contribution in [0.25, 0.3) is 0 Å². The van der Waals surface area contributed by atoms with Crippen LogP contribution >= 0.6 is 43.2 Å². The van der Waals surface area contributed by atoms with E-state index in [0.29, 0.717) is 11.4 Å². The van der Waals surface area contributed by atoms with Crippen LogP contribution in [0.1, 0.15) is 21.7 Å². The quantitative estimate of drug-likeness (QED) is 0.719. The van der Waals surface area contributed by atoms with Crippen LogP contribution in [0, 0.1) is 6.92 Å². The van der Waals surface area contributed by atoms with Crippen LogP contribution in [-0.2, 0) is 4.79 Å². The van der Waals surface area contributed by atoms with Crippen LogP contribution in [0.2, 0.25) is 0 Å². The maximum atomic E-state index is 11.9. The van der Waals surface area contributed by atoms with E-state index in [2.05, 4.69) is 42.5 Å². The van der Waals surface area contributed by atoms with E-state index >= 15 is 0 Å². The van der Waals surface area contributed by atoms with Crippen LogP contribution in [0.5, 0.6) is 0 Å². The Labute approximate surface area is 149 Å². The number of hydrogen-bond acceptors (Lipinski definition) is 3. The molecular formula is C15H14Br2N2O2S. The van der Waals surface area contributed by atoms with E-state index in [-0.39, 0.29) is 18.2 Å². The third-order valence-electron chi connectivity index (χ3n) is 2.91. The zero-order chi connectivity index (χ0) is 16.1. The maximum absolute atomic E-state index is 11.9. The monoisotopic (exact) mass is 444 g/mol. The van der Waals surface area contributed by atoms with Crippen LogP contribution in [-0.4, -0.2) is 18.4 Å². The van der Waals surface area contributed by atoms with Gasteiger partial charge in [-0.05, 0) is 52.7 Å². The maximum Gasteiger partial charge on any atom is 0.261 e. The minimum Gasteiger partial charge on any atom is -0.351 e. The largest absolute Gasteiger partial charge is 0.351 e. The summed E-state index contributed by atoms with van der Waals surface area (Å²) < 4.78 is 1.81.